The van der Waals surface area contributed by atoms with Gasteiger partial charge in [-0.15, -0.1) is 0 Å². The summed E-state index contributed by atoms with van der Waals surface area (Å²) in [6.07, 6.45) is 5.85. The predicted octanol–water partition coefficient (Wildman–Crippen LogP) is 5.40. The molecular weight excluding hydrogens is 418 g/mol. The summed E-state index contributed by atoms with van der Waals surface area (Å²) in [5.41, 5.74) is 2.32. The molecule has 7 heteroatoms. The van der Waals surface area contributed by atoms with E-state index < -0.39 is 0 Å². The van der Waals surface area contributed by atoms with Crippen molar-refractivity contribution in [1.29, 1.82) is 0 Å². The van der Waals surface area contributed by atoms with E-state index in [2.05, 4.69) is 55.4 Å². The Morgan fingerprint density at radius 1 is 1.03 bits per heavy atom. The first-order valence-electron chi connectivity index (χ1n) is 11.4. The lowest BCUT2D eigenvalue weighted by Gasteiger charge is -2.22. The SMILES string of the molecule is Cc1nc(CCCN(CCc2ccc(Oc3nc4ccccc4s3)cc2)CC2CC2)n[nH]1. The fraction of sp³-hybridized carbons (Fsp3) is 0.400. The van der Waals surface area contributed by atoms with E-state index in [-0.39, 0.29) is 0 Å². The summed E-state index contributed by atoms with van der Waals surface area (Å²) < 4.78 is 7.13. The highest BCUT2D eigenvalue weighted by atomic mass is 32.1. The number of benzene rings is 2. The molecular formula is C25H29N5OS. The normalized spacial score (nSPS) is 13.8. The third-order valence-electron chi connectivity index (χ3n) is 5.85. The van der Waals surface area contributed by atoms with Gasteiger partial charge in [0, 0.05) is 19.5 Å². The molecule has 2 aromatic carbocycles. The van der Waals surface area contributed by atoms with Crippen molar-refractivity contribution >= 4 is 21.6 Å². The number of aryl methyl sites for hydroxylation is 2. The minimum Gasteiger partial charge on any atom is -0.431 e. The van der Waals surface area contributed by atoms with Gasteiger partial charge in [0.05, 0.1) is 10.2 Å². The average molecular weight is 448 g/mol. The van der Waals surface area contributed by atoms with E-state index in [0.717, 1.165) is 65.9 Å². The van der Waals surface area contributed by atoms with Crippen LogP contribution in [0.5, 0.6) is 10.9 Å². The number of hydrogen-bond acceptors (Lipinski definition) is 6. The first-order chi connectivity index (χ1) is 15.7. The van der Waals surface area contributed by atoms with Crippen LogP contribution >= 0.6 is 11.3 Å². The summed E-state index contributed by atoms with van der Waals surface area (Å²) >= 11 is 1.58. The molecule has 0 radical (unpaired) electrons. The van der Waals surface area contributed by atoms with Crippen LogP contribution < -0.4 is 4.74 Å². The number of fused-ring (bicyclic) bond motifs is 1. The molecule has 0 unspecified atom stereocenters. The summed E-state index contributed by atoms with van der Waals surface area (Å²) in [4.78, 5) is 11.6. The van der Waals surface area contributed by atoms with Gasteiger partial charge >= 0.3 is 0 Å². The Balaban J connectivity index is 1.12. The highest BCUT2D eigenvalue weighted by molar-refractivity contribution is 7.20. The molecule has 1 aliphatic carbocycles. The lowest BCUT2D eigenvalue weighted by molar-refractivity contribution is 0.262. The average Bonchev–Trinajstić information content (AvgIpc) is 3.37. The molecule has 0 saturated heterocycles. The molecule has 5 rings (SSSR count). The van der Waals surface area contributed by atoms with Crippen LogP contribution in [0, 0.1) is 12.8 Å². The van der Waals surface area contributed by atoms with E-state index in [4.69, 9.17) is 4.74 Å². The zero-order chi connectivity index (χ0) is 21.8. The van der Waals surface area contributed by atoms with Gasteiger partial charge < -0.3 is 9.64 Å². The fourth-order valence-electron chi connectivity index (χ4n) is 3.93. The van der Waals surface area contributed by atoms with E-state index in [1.807, 2.05) is 25.1 Å². The van der Waals surface area contributed by atoms with Crippen molar-refractivity contribution in [3.8, 4) is 10.9 Å². The Hall–Kier alpha value is -2.77. The Labute approximate surface area is 192 Å². The zero-order valence-electron chi connectivity index (χ0n) is 18.5. The van der Waals surface area contributed by atoms with Gasteiger partial charge in [-0.25, -0.2) is 9.97 Å². The summed E-state index contributed by atoms with van der Waals surface area (Å²) in [6.45, 7) is 5.35. The number of ether oxygens (including phenoxy) is 1. The van der Waals surface area contributed by atoms with Crippen molar-refractivity contribution in [2.75, 3.05) is 19.6 Å². The van der Waals surface area contributed by atoms with Crippen LogP contribution in [0.2, 0.25) is 0 Å². The van der Waals surface area contributed by atoms with Gasteiger partial charge in [0.25, 0.3) is 5.19 Å². The molecule has 4 aromatic rings. The molecule has 2 heterocycles. The second kappa shape index (κ2) is 9.79. The van der Waals surface area contributed by atoms with E-state index in [9.17, 15) is 0 Å². The molecule has 0 amide bonds. The second-order valence-corrected chi connectivity index (χ2v) is 9.62. The second-order valence-electron chi connectivity index (χ2n) is 8.63. The van der Waals surface area contributed by atoms with Gasteiger partial charge in [0.2, 0.25) is 0 Å². The van der Waals surface area contributed by atoms with Crippen molar-refractivity contribution < 1.29 is 4.74 Å². The molecule has 0 atom stereocenters. The summed E-state index contributed by atoms with van der Waals surface area (Å²) in [5, 5.41) is 7.88. The molecule has 0 bridgehead atoms. The van der Waals surface area contributed by atoms with Crippen LogP contribution in [-0.2, 0) is 12.8 Å². The summed E-state index contributed by atoms with van der Waals surface area (Å²) in [7, 11) is 0. The van der Waals surface area contributed by atoms with Crippen molar-refractivity contribution in [3.63, 3.8) is 0 Å². The Morgan fingerprint density at radius 2 is 1.88 bits per heavy atom. The van der Waals surface area contributed by atoms with Crippen LogP contribution in [0.3, 0.4) is 0 Å². The maximum Gasteiger partial charge on any atom is 0.279 e. The van der Waals surface area contributed by atoms with Crippen molar-refractivity contribution in [1.82, 2.24) is 25.1 Å². The smallest absolute Gasteiger partial charge is 0.279 e. The molecule has 6 nitrogen and oxygen atoms in total. The first-order valence-corrected chi connectivity index (χ1v) is 12.3. The number of para-hydroxylation sites is 1. The Kier molecular flexibility index (Phi) is 6.46. The number of rotatable bonds is 11. The number of aromatic amines is 1. The van der Waals surface area contributed by atoms with Crippen molar-refractivity contribution in [2.45, 2.75) is 39.0 Å². The third kappa shape index (κ3) is 5.72. The highest BCUT2D eigenvalue weighted by Gasteiger charge is 2.24. The highest BCUT2D eigenvalue weighted by Crippen LogP contribution is 2.31. The molecule has 1 saturated carbocycles. The van der Waals surface area contributed by atoms with E-state index >= 15 is 0 Å². The Morgan fingerprint density at radius 3 is 2.62 bits per heavy atom. The number of aromatic nitrogens is 4. The number of nitrogens with zero attached hydrogens (tertiary/aromatic N) is 4. The lowest BCUT2D eigenvalue weighted by atomic mass is 10.1. The van der Waals surface area contributed by atoms with Crippen LogP contribution in [0.15, 0.2) is 48.5 Å². The summed E-state index contributed by atoms with van der Waals surface area (Å²) in [5.74, 6) is 3.55. The molecule has 1 aliphatic rings. The van der Waals surface area contributed by atoms with Gasteiger partial charge in [-0.05, 0) is 74.9 Å². The van der Waals surface area contributed by atoms with Gasteiger partial charge in [-0.2, -0.15) is 5.10 Å². The molecule has 0 aliphatic heterocycles. The maximum atomic E-state index is 5.98. The standard InChI is InChI=1S/C25H29N5OS/c1-18-26-24(29-28-18)7-4-15-30(17-20-8-9-20)16-14-19-10-12-21(13-11-19)31-25-27-22-5-2-3-6-23(22)32-25/h2-3,5-6,10-13,20H,4,7-9,14-17H2,1H3,(H,26,28,29). The minimum absolute atomic E-state index is 0.691. The first kappa shape index (κ1) is 21.1. The fourth-order valence-corrected chi connectivity index (χ4v) is 4.76. The molecule has 32 heavy (non-hydrogen) atoms. The minimum atomic E-state index is 0.691. The molecule has 2 aromatic heterocycles. The zero-order valence-corrected chi connectivity index (χ0v) is 19.3. The van der Waals surface area contributed by atoms with Gasteiger partial charge in [-0.3, -0.25) is 5.10 Å². The number of hydrogen-bond donors (Lipinski definition) is 1. The van der Waals surface area contributed by atoms with Crippen LogP contribution in [0.25, 0.3) is 10.2 Å². The van der Waals surface area contributed by atoms with Crippen molar-refractivity contribution in [2.24, 2.45) is 5.92 Å². The van der Waals surface area contributed by atoms with Crippen LogP contribution in [0.4, 0.5) is 0 Å². The van der Waals surface area contributed by atoms with Gasteiger partial charge in [0.15, 0.2) is 5.82 Å². The van der Waals surface area contributed by atoms with Crippen LogP contribution in [-0.4, -0.2) is 44.7 Å². The molecule has 1 N–H and O–H groups in total. The van der Waals surface area contributed by atoms with Gasteiger partial charge in [0.1, 0.15) is 11.6 Å². The number of H-pyrrole nitrogens is 1. The maximum absolute atomic E-state index is 5.98. The number of nitrogens with one attached hydrogen (secondary N) is 1. The third-order valence-corrected chi connectivity index (χ3v) is 6.77. The van der Waals surface area contributed by atoms with Crippen molar-refractivity contribution in [3.05, 3.63) is 65.7 Å². The predicted molar refractivity (Wildman–Crippen MR) is 128 cm³/mol. The topological polar surface area (TPSA) is 66.9 Å². The van der Waals surface area contributed by atoms with Crippen LogP contribution in [0.1, 0.15) is 36.5 Å². The molecule has 0 spiro atoms. The molecule has 1 fully saturated rings. The summed E-state index contributed by atoms with van der Waals surface area (Å²) in [6, 6.07) is 16.6. The largest absolute Gasteiger partial charge is 0.431 e. The van der Waals surface area contributed by atoms with E-state index in [1.54, 1.807) is 11.3 Å². The van der Waals surface area contributed by atoms with Gasteiger partial charge in [-0.1, -0.05) is 35.6 Å². The number of thiazole rings is 1. The lowest BCUT2D eigenvalue weighted by Crippen LogP contribution is -2.29. The molecule has 166 valence electrons. The Bertz CT molecular complexity index is 1120. The van der Waals surface area contributed by atoms with E-state index in [1.165, 1.54) is 24.9 Å². The quantitative estimate of drug-likeness (QED) is 0.333. The van der Waals surface area contributed by atoms with E-state index in [0.29, 0.717) is 5.19 Å². The monoisotopic (exact) mass is 447 g/mol.